The van der Waals surface area contributed by atoms with Crippen LogP contribution in [0, 0.1) is 0 Å². The maximum absolute atomic E-state index is 13.2. The predicted octanol–water partition coefficient (Wildman–Crippen LogP) is 4.04. The third-order valence-corrected chi connectivity index (χ3v) is 5.32. The van der Waals surface area contributed by atoms with Gasteiger partial charge in [0.25, 0.3) is 5.91 Å². The van der Waals surface area contributed by atoms with E-state index in [1.54, 1.807) is 7.11 Å². The Balaban J connectivity index is 1.74. The van der Waals surface area contributed by atoms with E-state index in [4.69, 9.17) is 4.74 Å². The summed E-state index contributed by atoms with van der Waals surface area (Å²) in [5, 5.41) is 9.91. The van der Waals surface area contributed by atoms with Crippen molar-refractivity contribution in [2.45, 2.75) is 18.9 Å². The SMILES string of the molecule is CC[C@]1(c2ccccc2)NC(=O)N(/N=C\c2c(OC)ccc3ccccc23)C1=O. The Kier molecular flexibility index (Phi) is 4.76. The molecule has 3 amide bonds. The van der Waals surface area contributed by atoms with Crippen molar-refractivity contribution in [3.63, 3.8) is 0 Å². The normalized spacial score (nSPS) is 19.2. The fourth-order valence-corrected chi connectivity index (χ4v) is 3.73. The van der Waals surface area contributed by atoms with Crippen molar-refractivity contribution in [1.82, 2.24) is 10.3 Å². The van der Waals surface area contributed by atoms with E-state index in [1.165, 1.54) is 6.21 Å². The summed E-state index contributed by atoms with van der Waals surface area (Å²) in [6.45, 7) is 1.87. The van der Waals surface area contributed by atoms with Crippen molar-refractivity contribution in [2.24, 2.45) is 5.10 Å². The molecule has 146 valence electrons. The summed E-state index contributed by atoms with van der Waals surface area (Å²) >= 11 is 0. The van der Waals surface area contributed by atoms with E-state index in [1.807, 2.05) is 73.7 Å². The molecule has 1 N–H and O–H groups in total. The van der Waals surface area contributed by atoms with Gasteiger partial charge in [-0.1, -0.05) is 67.6 Å². The minimum atomic E-state index is -1.11. The van der Waals surface area contributed by atoms with Crippen LogP contribution in [0.25, 0.3) is 10.8 Å². The maximum atomic E-state index is 13.2. The molecular weight excluding hydrogens is 366 g/mol. The van der Waals surface area contributed by atoms with Gasteiger partial charge in [-0.2, -0.15) is 5.10 Å². The predicted molar refractivity (Wildman–Crippen MR) is 112 cm³/mol. The van der Waals surface area contributed by atoms with Gasteiger partial charge >= 0.3 is 6.03 Å². The molecular formula is C23H21N3O3. The first-order valence-electron chi connectivity index (χ1n) is 9.42. The highest BCUT2D eigenvalue weighted by Gasteiger charge is 2.51. The van der Waals surface area contributed by atoms with Gasteiger partial charge < -0.3 is 10.1 Å². The fraction of sp³-hybridized carbons (Fsp3) is 0.174. The number of hydrazone groups is 1. The zero-order valence-electron chi connectivity index (χ0n) is 16.3. The molecule has 1 aliphatic rings. The molecule has 0 spiro atoms. The minimum Gasteiger partial charge on any atom is -0.496 e. The number of benzene rings is 3. The van der Waals surface area contributed by atoms with E-state index in [-0.39, 0.29) is 0 Å². The van der Waals surface area contributed by atoms with Crippen LogP contribution in [0.5, 0.6) is 5.75 Å². The molecule has 0 unspecified atom stereocenters. The molecule has 1 aliphatic heterocycles. The van der Waals surface area contributed by atoms with Gasteiger partial charge in [-0.15, -0.1) is 5.01 Å². The van der Waals surface area contributed by atoms with Crippen molar-refractivity contribution in [1.29, 1.82) is 0 Å². The molecule has 1 fully saturated rings. The number of amides is 3. The zero-order valence-corrected chi connectivity index (χ0v) is 16.3. The highest BCUT2D eigenvalue weighted by Crippen LogP contribution is 2.33. The standard InChI is InChI=1S/C23H21N3O3/c1-3-23(17-10-5-4-6-11-17)21(27)26(22(28)25-23)24-15-19-18-12-8-7-9-16(18)13-14-20(19)29-2/h4-15H,3H2,1-2H3,(H,25,28)/b24-15-/t23-/m1/s1. The average molecular weight is 387 g/mol. The van der Waals surface area contributed by atoms with Gasteiger partial charge in [-0.3, -0.25) is 4.79 Å². The number of rotatable bonds is 5. The van der Waals surface area contributed by atoms with E-state index in [0.29, 0.717) is 17.7 Å². The van der Waals surface area contributed by atoms with Gasteiger partial charge in [-0.25, -0.2) is 4.79 Å². The highest BCUT2D eigenvalue weighted by molar-refractivity contribution is 6.09. The average Bonchev–Trinajstić information content (AvgIpc) is 3.02. The van der Waals surface area contributed by atoms with Gasteiger partial charge in [0.1, 0.15) is 11.3 Å². The molecule has 0 aromatic heterocycles. The van der Waals surface area contributed by atoms with Crippen molar-refractivity contribution < 1.29 is 14.3 Å². The molecule has 3 aromatic rings. The van der Waals surface area contributed by atoms with Crippen LogP contribution in [0.1, 0.15) is 24.5 Å². The summed E-state index contributed by atoms with van der Waals surface area (Å²) < 4.78 is 5.46. The van der Waals surface area contributed by atoms with Crippen LogP contribution >= 0.6 is 0 Å². The summed E-state index contributed by atoms with van der Waals surface area (Å²) in [5.74, 6) is 0.218. The third-order valence-electron chi connectivity index (χ3n) is 5.32. The monoisotopic (exact) mass is 387 g/mol. The summed E-state index contributed by atoms with van der Waals surface area (Å²) in [7, 11) is 1.58. The zero-order chi connectivity index (χ0) is 20.4. The Morgan fingerprint density at radius 3 is 2.48 bits per heavy atom. The van der Waals surface area contributed by atoms with Crippen LogP contribution in [0.4, 0.5) is 4.79 Å². The Bertz CT molecular complexity index is 1110. The molecule has 1 saturated heterocycles. The van der Waals surface area contributed by atoms with Gasteiger partial charge in [0, 0.05) is 5.56 Å². The molecule has 0 aliphatic carbocycles. The number of nitrogens with zero attached hydrogens (tertiary/aromatic N) is 2. The first-order chi connectivity index (χ1) is 14.1. The number of hydrogen-bond acceptors (Lipinski definition) is 4. The van der Waals surface area contributed by atoms with Crippen LogP contribution < -0.4 is 10.1 Å². The number of urea groups is 1. The quantitative estimate of drug-likeness (QED) is 0.531. The molecule has 6 heteroatoms. The lowest BCUT2D eigenvalue weighted by Gasteiger charge is -2.24. The lowest BCUT2D eigenvalue weighted by Crippen LogP contribution is -2.43. The number of nitrogens with one attached hydrogen (secondary N) is 1. The minimum absolute atomic E-state index is 0.397. The van der Waals surface area contributed by atoms with Crippen molar-refractivity contribution >= 4 is 28.9 Å². The van der Waals surface area contributed by atoms with Crippen LogP contribution in [0.3, 0.4) is 0 Å². The van der Waals surface area contributed by atoms with Gasteiger partial charge in [-0.05, 0) is 28.8 Å². The Labute approximate surface area is 168 Å². The number of fused-ring (bicyclic) bond motifs is 1. The molecule has 0 radical (unpaired) electrons. The lowest BCUT2D eigenvalue weighted by atomic mass is 9.87. The van der Waals surface area contributed by atoms with E-state index >= 15 is 0 Å². The Morgan fingerprint density at radius 1 is 1.03 bits per heavy atom. The van der Waals surface area contributed by atoms with Crippen molar-refractivity contribution in [2.75, 3.05) is 7.11 Å². The number of hydrogen-bond donors (Lipinski definition) is 1. The van der Waals surface area contributed by atoms with Crippen molar-refractivity contribution in [3.8, 4) is 5.75 Å². The lowest BCUT2D eigenvalue weighted by molar-refractivity contribution is -0.131. The van der Waals surface area contributed by atoms with Crippen LogP contribution in [-0.4, -0.2) is 30.3 Å². The van der Waals surface area contributed by atoms with E-state index in [2.05, 4.69) is 10.4 Å². The second-order valence-corrected chi connectivity index (χ2v) is 6.82. The number of ether oxygens (including phenoxy) is 1. The fourth-order valence-electron chi connectivity index (χ4n) is 3.73. The highest BCUT2D eigenvalue weighted by atomic mass is 16.5. The summed E-state index contributed by atoms with van der Waals surface area (Å²) in [6, 6.07) is 20.3. The molecule has 0 saturated carbocycles. The van der Waals surface area contributed by atoms with E-state index in [0.717, 1.165) is 21.3 Å². The second-order valence-electron chi connectivity index (χ2n) is 6.82. The largest absolute Gasteiger partial charge is 0.496 e. The summed E-state index contributed by atoms with van der Waals surface area (Å²) in [5.41, 5.74) is 0.333. The van der Waals surface area contributed by atoms with E-state index in [9.17, 15) is 9.59 Å². The first-order valence-corrected chi connectivity index (χ1v) is 9.42. The number of carbonyl (C=O) groups is 2. The summed E-state index contributed by atoms with van der Waals surface area (Å²) in [6.07, 6.45) is 1.93. The molecule has 3 aromatic carbocycles. The Hall–Kier alpha value is -3.67. The molecule has 29 heavy (non-hydrogen) atoms. The Morgan fingerprint density at radius 2 is 1.76 bits per heavy atom. The van der Waals surface area contributed by atoms with Gasteiger partial charge in [0.15, 0.2) is 0 Å². The van der Waals surface area contributed by atoms with Crippen molar-refractivity contribution in [3.05, 3.63) is 77.9 Å². The van der Waals surface area contributed by atoms with Crippen LogP contribution in [0.2, 0.25) is 0 Å². The second kappa shape index (κ2) is 7.39. The third kappa shape index (κ3) is 3.02. The number of imide groups is 1. The van der Waals surface area contributed by atoms with Crippen LogP contribution in [-0.2, 0) is 10.3 Å². The van der Waals surface area contributed by atoms with Crippen LogP contribution in [0.15, 0.2) is 71.8 Å². The number of carbonyl (C=O) groups excluding carboxylic acids is 2. The molecule has 1 heterocycles. The smallest absolute Gasteiger partial charge is 0.346 e. The maximum Gasteiger partial charge on any atom is 0.346 e. The number of methoxy groups -OCH3 is 1. The topological polar surface area (TPSA) is 71.0 Å². The molecule has 0 bridgehead atoms. The summed E-state index contributed by atoms with van der Waals surface area (Å²) in [4.78, 5) is 25.8. The van der Waals surface area contributed by atoms with Gasteiger partial charge in [0.05, 0.1) is 13.3 Å². The molecule has 6 nitrogen and oxygen atoms in total. The van der Waals surface area contributed by atoms with E-state index < -0.39 is 17.5 Å². The first kappa shape index (κ1) is 18.7. The molecule has 4 rings (SSSR count). The molecule has 1 atom stereocenters. The van der Waals surface area contributed by atoms with Gasteiger partial charge in [0.2, 0.25) is 0 Å².